The van der Waals surface area contributed by atoms with E-state index in [0.717, 1.165) is 4.90 Å². The van der Waals surface area contributed by atoms with Crippen LogP contribution in [0.2, 0.25) is 0 Å². The Kier molecular flexibility index (Phi) is 7.19. The van der Waals surface area contributed by atoms with Crippen LogP contribution in [-0.2, 0) is 28.5 Å². The molecule has 1 aliphatic heterocycles. The molecular weight excluding hydrogens is 547 g/mol. The Morgan fingerprint density at radius 1 is 0.872 bits per heavy atom. The highest BCUT2D eigenvalue weighted by Gasteiger charge is 2.47. The number of benzene rings is 2. The molecule has 0 aromatic heterocycles. The lowest BCUT2D eigenvalue weighted by atomic mass is 10.0. The Labute approximate surface area is 215 Å². The highest BCUT2D eigenvalue weighted by molar-refractivity contribution is 6.13. The topological polar surface area (TPSA) is 57.7 Å². The van der Waals surface area contributed by atoms with Crippen molar-refractivity contribution in [3.63, 3.8) is 0 Å². The van der Waals surface area contributed by atoms with Crippen molar-refractivity contribution < 1.29 is 53.9 Å². The molecule has 0 N–H and O–H groups in total. The number of ketones is 1. The van der Waals surface area contributed by atoms with Crippen molar-refractivity contribution in [2.24, 2.45) is 0 Å². The van der Waals surface area contributed by atoms with Crippen molar-refractivity contribution in [2.45, 2.75) is 62.8 Å². The van der Waals surface area contributed by atoms with E-state index in [4.69, 9.17) is 0 Å². The van der Waals surface area contributed by atoms with Crippen LogP contribution < -0.4 is 4.90 Å². The molecule has 0 unspecified atom stereocenters. The molecule has 1 saturated carbocycles. The first-order valence-electron chi connectivity index (χ1n) is 11.6. The maximum absolute atomic E-state index is 13.7. The Morgan fingerprint density at radius 2 is 1.44 bits per heavy atom. The molecule has 5 nitrogen and oxygen atoms in total. The van der Waals surface area contributed by atoms with Gasteiger partial charge < -0.3 is 9.80 Å². The van der Waals surface area contributed by atoms with Gasteiger partial charge in [-0.05, 0) is 48.7 Å². The molecule has 2 aliphatic rings. The minimum Gasteiger partial charge on any atom is -0.327 e. The third-order valence-corrected chi connectivity index (χ3v) is 6.33. The first-order chi connectivity index (χ1) is 18.0. The van der Waals surface area contributed by atoms with Gasteiger partial charge >= 0.3 is 18.5 Å². The Bertz CT molecular complexity index is 1260. The van der Waals surface area contributed by atoms with Crippen LogP contribution in [0.1, 0.15) is 52.7 Å². The van der Waals surface area contributed by atoms with Gasteiger partial charge in [0, 0.05) is 18.0 Å². The minimum atomic E-state index is -5.16. The number of hydrogen-bond donors (Lipinski definition) is 0. The van der Waals surface area contributed by atoms with Crippen molar-refractivity contribution in [3.8, 4) is 0 Å². The SMILES string of the molecule is O=C1C[C@@H](N(C(=O)CC(F)(F)F)C2CC2)C(=O)N(Cc2cc(C(F)(F)F)cc(C(F)(F)F)c2)c2ccccc21. The number of carbonyl (C=O) groups excluding carboxylic acids is 3. The number of para-hydroxylation sites is 1. The number of Topliss-reactive ketones (excluding diaryl/α,β-unsaturated/α-hetero) is 1. The van der Waals surface area contributed by atoms with Crippen molar-refractivity contribution in [3.05, 3.63) is 64.7 Å². The van der Waals surface area contributed by atoms with E-state index in [0.29, 0.717) is 17.0 Å². The molecular formula is C25H19F9N2O3. The fourth-order valence-corrected chi connectivity index (χ4v) is 4.54. The first-order valence-corrected chi connectivity index (χ1v) is 11.6. The van der Waals surface area contributed by atoms with Crippen LogP contribution in [-0.4, -0.2) is 40.8 Å². The fraction of sp³-hybridized carbons (Fsp3) is 0.400. The lowest BCUT2D eigenvalue weighted by Crippen LogP contribution is -2.52. The number of rotatable bonds is 5. The van der Waals surface area contributed by atoms with Crippen molar-refractivity contribution in [1.82, 2.24) is 4.90 Å². The number of alkyl halides is 9. The Balaban J connectivity index is 1.81. The number of halogens is 9. The zero-order chi connectivity index (χ0) is 28.9. The first kappa shape index (κ1) is 28.4. The predicted octanol–water partition coefficient (Wildman–Crippen LogP) is 6.16. The lowest BCUT2D eigenvalue weighted by molar-refractivity contribution is -0.165. The number of hydrogen-bond acceptors (Lipinski definition) is 3. The smallest absolute Gasteiger partial charge is 0.327 e. The molecule has 0 bridgehead atoms. The van der Waals surface area contributed by atoms with Crippen LogP contribution in [0.25, 0.3) is 0 Å². The zero-order valence-electron chi connectivity index (χ0n) is 19.8. The average Bonchev–Trinajstić information content (AvgIpc) is 3.64. The zero-order valence-corrected chi connectivity index (χ0v) is 19.8. The van der Waals surface area contributed by atoms with Gasteiger partial charge in [-0.25, -0.2) is 0 Å². The van der Waals surface area contributed by atoms with Crippen LogP contribution in [0.3, 0.4) is 0 Å². The lowest BCUT2D eigenvalue weighted by Gasteiger charge is -2.33. The summed E-state index contributed by atoms with van der Waals surface area (Å²) in [6.45, 7) is -0.876. The summed E-state index contributed by atoms with van der Waals surface area (Å²) in [5.41, 5.74) is -4.12. The molecule has 39 heavy (non-hydrogen) atoms. The van der Waals surface area contributed by atoms with Gasteiger partial charge in [0.1, 0.15) is 12.5 Å². The number of carbonyl (C=O) groups is 3. The van der Waals surface area contributed by atoms with E-state index in [9.17, 15) is 53.9 Å². The molecule has 0 spiro atoms. The number of amides is 2. The third kappa shape index (κ3) is 6.36. The van der Waals surface area contributed by atoms with Crippen molar-refractivity contribution in [1.29, 1.82) is 0 Å². The fourth-order valence-electron chi connectivity index (χ4n) is 4.54. The quantitative estimate of drug-likeness (QED) is 0.408. The van der Waals surface area contributed by atoms with Crippen LogP contribution in [0, 0.1) is 0 Å². The van der Waals surface area contributed by atoms with E-state index in [-0.39, 0.29) is 30.2 Å². The highest BCUT2D eigenvalue weighted by Crippen LogP contribution is 2.39. The summed E-state index contributed by atoms with van der Waals surface area (Å²) in [6, 6.07) is 3.53. The largest absolute Gasteiger partial charge is 0.416 e. The average molecular weight is 566 g/mol. The molecule has 210 valence electrons. The third-order valence-electron chi connectivity index (χ3n) is 6.33. The van der Waals surface area contributed by atoms with Crippen LogP contribution in [0.5, 0.6) is 0 Å². The van der Waals surface area contributed by atoms with Gasteiger partial charge in [-0.2, -0.15) is 39.5 Å². The summed E-state index contributed by atoms with van der Waals surface area (Å²) in [6.07, 6.45) is -17.3. The number of fused-ring (bicyclic) bond motifs is 1. The second kappa shape index (κ2) is 9.87. The Morgan fingerprint density at radius 3 is 1.95 bits per heavy atom. The summed E-state index contributed by atoms with van der Waals surface area (Å²) in [5, 5.41) is 0. The van der Waals surface area contributed by atoms with Gasteiger partial charge in [-0.15, -0.1) is 0 Å². The van der Waals surface area contributed by atoms with Crippen LogP contribution >= 0.6 is 0 Å². The molecule has 1 heterocycles. The second-order valence-corrected chi connectivity index (χ2v) is 9.32. The van der Waals surface area contributed by atoms with E-state index in [1.165, 1.54) is 24.3 Å². The second-order valence-electron chi connectivity index (χ2n) is 9.32. The standard InChI is InChI=1S/C25H19F9N2O3/c26-23(27,28)11-21(38)36(16-5-6-16)19-10-20(37)17-3-1-2-4-18(17)35(22(19)39)12-13-7-14(24(29,30)31)9-15(8-13)25(32,33)34/h1-4,7-9,16,19H,5-6,10-12H2/t19-/m1/s1. The molecule has 1 fully saturated rings. The van der Waals surface area contributed by atoms with Gasteiger partial charge in [0.15, 0.2) is 5.78 Å². The molecule has 0 radical (unpaired) electrons. The van der Waals surface area contributed by atoms with Gasteiger partial charge in [-0.3, -0.25) is 14.4 Å². The van der Waals surface area contributed by atoms with Gasteiger partial charge in [0.05, 0.1) is 23.4 Å². The van der Waals surface area contributed by atoms with Gasteiger partial charge in [-0.1, -0.05) is 12.1 Å². The maximum Gasteiger partial charge on any atom is 0.416 e. The molecule has 2 aromatic carbocycles. The molecule has 1 aliphatic carbocycles. The molecule has 4 rings (SSSR count). The van der Waals surface area contributed by atoms with E-state index >= 15 is 0 Å². The summed E-state index contributed by atoms with van der Waals surface area (Å²) >= 11 is 0. The van der Waals surface area contributed by atoms with Crippen LogP contribution in [0.15, 0.2) is 42.5 Å². The van der Waals surface area contributed by atoms with E-state index < -0.39 is 84.3 Å². The summed E-state index contributed by atoms with van der Waals surface area (Å²) in [5.74, 6) is -3.28. The monoisotopic (exact) mass is 566 g/mol. The van der Waals surface area contributed by atoms with E-state index in [2.05, 4.69) is 0 Å². The normalized spacial score (nSPS) is 18.6. The maximum atomic E-state index is 13.7. The predicted molar refractivity (Wildman–Crippen MR) is 117 cm³/mol. The van der Waals surface area contributed by atoms with Crippen molar-refractivity contribution >= 4 is 23.3 Å². The minimum absolute atomic E-state index is 0.0847. The number of nitrogens with zero attached hydrogens (tertiary/aromatic N) is 2. The molecule has 0 saturated heterocycles. The number of anilines is 1. The molecule has 2 aromatic rings. The summed E-state index contributed by atoms with van der Waals surface area (Å²) < 4.78 is 120. The summed E-state index contributed by atoms with van der Waals surface area (Å²) in [4.78, 5) is 40.8. The van der Waals surface area contributed by atoms with E-state index in [1.807, 2.05) is 0 Å². The highest BCUT2D eigenvalue weighted by atomic mass is 19.4. The van der Waals surface area contributed by atoms with Crippen molar-refractivity contribution in [2.75, 3.05) is 4.90 Å². The van der Waals surface area contributed by atoms with Gasteiger partial charge in [0.25, 0.3) is 5.91 Å². The van der Waals surface area contributed by atoms with E-state index in [1.54, 1.807) is 0 Å². The Hall–Kier alpha value is -3.58. The molecule has 14 heteroatoms. The molecule has 1 atom stereocenters. The van der Waals surface area contributed by atoms with Gasteiger partial charge in [0.2, 0.25) is 5.91 Å². The molecule has 2 amide bonds. The van der Waals surface area contributed by atoms with Crippen LogP contribution in [0.4, 0.5) is 45.2 Å². The summed E-state index contributed by atoms with van der Waals surface area (Å²) in [7, 11) is 0.